The third kappa shape index (κ3) is 6.28. The summed E-state index contributed by atoms with van der Waals surface area (Å²) in [6, 6.07) is 0. The van der Waals surface area contributed by atoms with Crippen LogP contribution in [0.2, 0.25) is 0 Å². The van der Waals surface area contributed by atoms with E-state index in [-0.39, 0.29) is 6.10 Å². The Morgan fingerprint density at radius 2 is 2.09 bits per heavy atom. The molecular formula is C8H18O3. The van der Waals surface area contributed by atoms with E-state index in [9.17, 15) is 0 Å². The second kappa shape index (κ2) is 6.58. The summed E-state index contributed by atoms with van der Waals surface area (Å²) in [6.45, 7) is 4.36. The van der Waals surface area contributed by atoms with E-state index in [1.54, 1.807) is 7.11 Å². The minimum Gasteiger partial charge on any atom is -0.379 e. The van der Waals surface area contributed by atoms with Gasteiger partial charge in [0.1, 0.15) is 0 Å². The van der Waals surface area contributed by atoms with Crippen LogP contribution in [0, 0.1) is 0 Å². The van der Waals surface area contributed by atoms with E-state index < -0.39 is 6.29 Å². The van der Waals surface area contributed by atoms with Gasteiger partial charge >= 0.3 is 0 Å². The molecule has 0 bridgehead atoms. The second-order valence-corrected chi connectivity index (χ2v) is 2.62. The highest BCUT2D eigenvalue weighted by Crippen LogP contribution is 1.99. The lowest BCUT2D eigenvalue weighted by atomic mass is 10.3. The molecule has 0 aromatic heterocycles. The van der Waals surface area contributed by atoms with Crippen LogP contribution in [0.3, 0.4) is 0 Å². The van der Waals surface area contributed by atoms with Crippen LogP contribution >= 0.6 is 0 Å². The van der Waals surface area contributed by atoms with Crippen molar-refractivity contribution in [3.8, 4) is 0 Å². The summed E-state index contributed by atoms with van der Waals surface area (Å²) in [5.41, 5.74) is 0. The number of ether oxygens (including phenoxy) is 2. The number of aliphatic hydroxyl groups excluding tert-OH is 1. The Bertz CT molecular complexity index is 85.4. The van der Waals surface area contributed by atoms with Crippen LogP contribution in [0.25, 0.3) is 0 Å². The molecule has 0 spiro atoms. The summed E-state index contributed by atoms with van der Waals surface area (Å²) in [6.07, 6.45) is 1.05. The molecule has 0 fully saturated rings. The maximum Gasteiger partial charge on any atom is 0.154 e. The molecule has 0 heterocycles. The van der Waals surface area contributed by atoms with E-state index in [1.165, 1.54) is 0 Å². The van der Waals surface area contributed by atoms with Crippen LogP contribution < -0.4 is 0 Å². The van der Waals surface area contributed by atoms with Crippen molar-refractivity contribution in [2.24, 2.45) is 0 Å². The maximum atomic E-state index is 9.12. The zero-order chi connectivity index (χ0) is 8.69. The first-order valence-electron chi connectivity index (χ1n) is 4.03. The van der Waals surface area contributed by atoms with Gasteiger partial charge in [-0.1, -0.05) is 13.3 Å². The monoisotopic (exact) mass is 162 g/mol. The summed E-state index contributed by atoms with van der Waals surface area (Å²) in [5.74, 6) is 0. The van der Waals surface area contributed by atoms with Gasteiger partial charge in [0.05, 0.1) is 12.7 Å². The summed E-state index contributed by atoms with van der Waals surface area (Å²) in [4.78, 5) is 0. The third-order valence-electron chi connectivity index (χ3n) is 1.46. The predicted octanol–water partition coefficient (Wildman–Crippen LogP) is 1.16. The van der Waals surface area contributed by atoms with Gasteiger partial charge in [0.15, 0.2) is 6.29 Å². The highest BCUT2D eigenvalue weighted by molar-refractivity contribution is 4.46. The maximum absolute atomic E-state index is 9.12. The predicted molar refractivity (Wildman–Crippen MR) is 43.3 cm³/mol. The van der Waals surface area contributed by atoms with Gasteiger partial charge in [-0.2, -0.15) is 0 Å². The van der Waals surface area contributed by atoms with E-state index in [4.69, 9.17) is 14.6 Å². The largest absolute Gasteiger partial charge is 0.379 e. The Labute approximate surface area is 68.3 Å². The Kier molecular flexibility index (Phi) is 6.51. The standard InChI is InChI=1S/C8H18O3/c1-4-5-8(9)11-6-7(2)10-3/h7-9H,4-6H2,1-3H3. The molecule has 0 aliphatic carbocycles. The molecule has 0 aromatic carbocycles. The molecule has 0 saturated carbocycles. The molecule has 2 atom stereocenters. The molecule has 11 heavy (non-hydrogen) atoms. The molecule has 0 saturated heterocycles. The number of methoxy groups -OCH3 is 1. The Balaban J connectivity index is 3.22. The Morgan fingerprint density at radius 3 is 2.55 bits per heavy atom. The number of hydrogen-bond donors (Lipinski definition) is 1. The third-order valence-corrected chi connectivity index (χ3v) is 1.46. The van der Waals surface area contributed by atoms with Crippen molar-refractivity contribution in [3.63, 3.8) is 0 Å². The molecule has 0 rings (SSSR count). The molecule has 2 unspecified atom stereocenters. The Hall–Kier alpha value is -0.120. The SMILES string of the molecule is CCCC(O)OCC(C)OC. The van der Waals surface area contributed by atoms with Crippen molar-refractivity contribution in [1.29, 1.82) is 0 Å². The van der Waals surface area contributed by atoms with Crippen LogP contribution in [0.4, 0.5) is 0 Å². The molecule has 0 aliphatic heterocycles. The summed E-state index contributed by atoms with van der Waals surface area (Å²) < 4.78 is 10.0. The van der Waals surface area contributed by atoms with Crippen molar-refractivity contribution in [3.05, 3.63) is 0 Å². The van der Waals surface area contributed by atoms with E-state index in [0.29, 0.717) is 13.0 Å². The van der Waals surface area contributed by atoms with Crippen molar-refractivity contribution in [1.82, 2.24) is 0 Å². The van der Waals surface area contributed by atoms with Gasteiger partial charge in [-0.25, -0.2) is 0 Å². The lowest BCUT2D eigenvalue weighted by Crippen LogP contribution is -2.20. The lowest BCUT2D eigenvalue weighted by molar-refractivity contribution is -0.126. The number of hydrogen-bond acceptors (Lipinski definition) is 3. The normalized spacial score (nSPS) is 16.4. The van der Waals surface area contributed by atoms with E-state index >= 15 is 0 Å². The van der Waals surface area contributed by atoms with Crippen LogP contribution in [0.5, 0.6) is 0 Å². The summed E-state index contributed by atoms with van der Waals surface area (Å²) in [7, 11) is 1.63. The molecule has 0 amide bonds. The van der Waals surface area contributed by atoms with Gasteiger partial charge in [0.2, 0.25) is 0 Å². The zero-order valence-corrected chi connectivity index (χ0v) is 7.54. The van der Waals surface area contributed by atoms with Crippen molar-refractivity contribution in [2.75, 3.05) is 13.7 Å². The van der Waals surface area contributed by atoms with Crippen LogP contribution in [-0.4, -0.2) is 31.2 Å². The molecule has 3 heteroatoms. The second-order valence-electron chi connectivity index (χ2n) is 2.62. The molecule has 3 nitrogen and oxygen atoms in total. The number of aliphatic hydroxyl groups is 1. The fraction of sp³-hybridized carbons (Fsp3) is 1.00. The van der Waals surface area contributed by atoms with Gasteiger partial charge in [-0.3, -0.25) is 0 Å². The van der Waals surface area contributed by atoms with Crippen molar-refractivity contribution >= 4 is 0 Å². The van der Waals surface area contributed by atoms with E-state index in [1.807, 2.05) is 13.8 Å². The first kappa shape index (κ1) is 10.9. The molecule has 68 valence electrons. The first-order valence-corrected chi connectivity index (χ1v) is 4.03. The van der Waals surface area contributed by atoms with Crippen molar-refractivity contribution < 1.29 is 14.6 Å². The van der Waals surface area contributed by atoms with Crippen LogP contribution in [0.1, 0.15) is 26.7 Å². The quantitative estimate of drug-likeness (QED) is 0.595. The zero-order valence-electron chi connectivity index (χ0n) is 7.54. The summed E-state index contributed by atoms with van der Waals surface area (Å²) >= 11 is 0. The van der Waals surface area contributed by atoms with Gasteiger partial charge in [0.25, 0.3) is 0 Å². The minimum absolute atomic E-state index is 0.0570. The number of rotatable bonds is 6. The van der Waals surface area contributed by atoms with Gasteiger partial charge in [-0.15, -0.1) is 0 Å². The minimum atomic E-state index is -0.627. The average molecular weight is 162 g/mol. The van der Waals surface area contributed by atoms with Gasteiger partial charge in [-0.05, 0) is 13.3 Å². The van der Waals surface area contributed by atoms with Crippen molar-refractivity contribution in [2.45, 2.75) is 39.1 Å². The summed E-state index contributed by atoms with van der Waals surface area (Å²) in [5, 5.41) is 9.12. The molecule has 0 aliphatic rings. The lowest BCUT2D eigenvalue weighted by Gasteiger charge is -2.14. The first-order chi connectivity index (χ1) is 5.20. The Morgan fingerprint density at radius 1 is 1.45 bits per heavy atom. The van der Waals surface area contributed by atoms with Crippen LogP contribution in [-0.2, 0) is 9.47 Å². The van der Waals surface area contributed by atoms with Gasteiger partial charge in [0, 0.05) is 7.11 Å². The highest BCUT2D eigenvalue weighted by atomic mass is 16.6. The molecule has 1 N–H and O–H groups in total. The van der Waals surface area contributed by atoms with E-state index in [2.05, 4.69) is 0 Å². The molecular weight excluding hydrogens is 144 g/mol. The fourth-order valence-corrected chi connectivity index (χ4v) is 0.645. The van der Waals surface area contributed by atoms with Gasteiger partial charge < -0.3 is 14.6 Å². The highest BCUT2D eigenvalue weighted by Gasteiger charge is 2.05. The molecule has 0 aromatic rings. The van der Waals surface area contributed by atoms with Crippen LogP contribution in [0.15, 0.2) is 0 Å². The smallest absolute Gasteiger partial charge is 0.154 e. The fourth-order valence-electron chi connectivity index (χ4n) is 0.645. The van der Waals surface area contributed by atoms with E-state index in [0.717, 1.165) is 6.42 Å². The average Bonchev–Trinajstić information content (AvgIpc) is 2.01. The topological polar surface area (TPSA) is 38.7 Å². The molecule has 0 radical (unpaired) electrons.